The van der Waals surface area contributed by atoms with Crippen LogP contribution in [0.1, 0.15) is 12.5 Å². The molecular formula is C11H14N2O5. The van der Waals surface area contributed by atoms with Crippen molar-refractivity contribution in [2.75, 3.05) is 7.11 Å². The number of carboxylic acid groups (broad SMARTS) is 1. The monoisotopic (exact) mass is 254 g/mol. The molecule has 1 atom stereocenters. The molecule has 1 aromatic carbocycles. The van der Waals surface area contributed by atoms with Gasteiger partial charge >= 0.3 is 5.97 Å². The van der Waals surface area contributed by atoms with Gasteiger partial charge in [0.25, 0.3) is 5.69 Å². The van der Waals surface area contributed by atoms with Gasteiger partial charge < -0.3 is 15.2 Å². The normalized spacial score (nSPS) is 11.9. The lowest BCUT2D eigenvalue weighted by atomic mass is 10.1. The van der Waals surface area contributed by atoms with E-state index in [1.807, 2.05) is 0 Å². The maximum atomic E-state index is 10.7. The lowest BCUT2D eigenvalue weighted by Gasteiger charge is -2.10. The summed E-state index contributed by atoms with van der Waals surface area (Å²) in [5.41, 5.74) is 0.503. The molecule has 98 valence electrons. The molecule has 0 bridgehead atoms. The van der Waals surface area contributed by atoms with E-state index >= 15 is 0 Å². The highest BCUT2D eigenvalue weighted by Gasteiger charge is 2.13. The van der Waals surface area contributed by atoms with E-state index in [0.717, 1.165) is 0 Å². The summed E-state index contributed by atoms with van der Waals surface area (Å²) in [5, 5.41) is 22.1. The zero-order valence-electron chi connectivity index (χ0n) is 10.0. The second-order valence-corrected chi connectivity index (χ2v) is 3.74. The van der Waals surface area contributed by atoms with Gasteiger partial charge in [0.2, 0.25) is 0 Å². The number of ether oxygens (including phenoxy) is 1. The van der Waals surface area contributed by atoms with Gasteiger partial charge in [0.15, 0.2) is 0 Å². The Hall–Kier alpha value is -2.15. The fraction of sp³-hybridized carbons (Fsp3) is 0.364. The third-order valence-corrected chi connectivity index (χ3v) is 2.38. The van der Waals surface area contributed by atoms with E-state index in [0.29, 0.717) is 11.3 Å². The highest BCUT2D eigenvalue weighted by atomic mass is 16.6. The highest BCUT2D eigenvalue weighted by molar-refractivity contribution is 5.72. The van der Waals surface area contributed by atoms with Gasteiger partial charge in [0.05, 0.1) is 18.1 Å². The molecule has 0 saturated heterocycles. The number of rotatable bonds is 6. The summed E-state index contributed by atoms with van der Waals surface area (Å²) in [6.07, 6.45) is 0. The number of non-ortho nitro benzene ring substituents is 1. The number of hydrogen-bond acceptors (Lipinski definition) is 5. The van der Waals surface area contributed by atoms with E-state index in [9.17, 15) is 14.9 Å². The maximum absolute atomic E-state index is 10.7. The molecule has 0 unspecified atom stereocenters. The Balaban J connectivity index is 2.85. The first-order chi connectivity index (χ1) is 8.43. The van der Waals surface area contributed by atoms with Crippen molar-refractivity contribution in [1.82, 2.24) is 5.32 Å². The molecule has 18 heavy (non-hydrogen) atoms. The van der Waals surface area contributed by atoms with Crippen LogP contribution < -0.4 is 10.1 Å². The molecule has 2 N–H and O–H groups in total. The quantitative estimate of drug-likeness (QED) is 0.583. The van der Waals surface area contributed by atoms with Crippen molar-refractivity contribution in [3.63, 3.8) is 0 Å². The number of nitro benzene ring substituents is 1. The molecule has 0 aliphatic rings. The van der Waals surface area contributed by atoms with Crippen LogP contribution in [0.15, 0.2) is 18.2 Å². The Labute approximate surface area is 104 Å². The minimum absolute atomic E-state index is 0.0888. The third-order valence-electron chi connectivity index (χ3n) is 2.38. The van der Waals surface area contributed by atoms with Gasteiger partial charge in [-0.05, 0) is 18.6 Å². The van der Waals surface area contributed by atoms with Crippen LogP contribution in [0.25, 0.3) is 0 Å². The van der Waals surface area contributed by atoms with Crippen LogP contribution in [0.4, 0.5) is 5.69 Å². The zero-order chi connectivity index (χ0) is 13.7. The molecule has 0 aliphatic carbocycles. The van der Waals surface area contributed by atoms with E-state index in [2.05, 4.69) is 5.32 Å². The Morgan fingerprint density at radius 2 is 2.22 bits per heavy atom. The van der Waals surface area contributed by atoms with E-state index in [1.54, 1.807) is 6.07 Å². The first kappa shape index (κ1) is 13.9. The van der Waals surface area contributed by atoms with Crippen molar-refractivity contribution in [3.05, 3.63) is 33.9 Å². The number of benzene rings is 1. The molecule has 0 amide bonds. The van der Waals surface area contributed by atoms with Gasteiger partial charge in [-0.15, -0.1) is 0 Å². The average Bonchev–Trinajstić information content (AvgIpc) is 2.35. The Bertz CT molecular complexity index is 461. The van der Waals surface area contributed by atoms with E-state index in [4.69, 9.17) is 9.84 Å². The predicted molar refractivity (Wildman–Crippen MR) is 63.6 cm³/mol. The molecule has 7 heteroatoms. The number of aliphatic carboxylic acids is 1. The minimum Gasteiger partial charge on any atom is -0.496 e. The summed E-state index contributed by atoms with van der Waals surface area (Å²) < 4.78 is 4.95. The molecule has 1 rings (SSSR count). The van der Waals surface area contributed by atoms with Crippen molar-refractivity contribution in [2.24, 2.45) is 0 Å². The summed E-state index contributed by atoms with van der Waals surface area (Å²) in [5.74, 6) is -0.614. The van der Waals surface area contributed by atoms with Crippen LogP contribution in [0.3, 0.4) is 0 Å². The SMILES string of the molecule is COc1cc(CN[C@H](C)C(=O)O)cc([N+](=O)[O-])c1. The zero-order valence-corrected chi connectivity index (χ0v) is 10.0. The molecule has 0 aromatic heterocycles. The van der Waals surface area contributed by atoms with Crippen molar-refractivity contribution in [1.29, 1.82) is 0 Å². The summed E-state index contributed by atoms with van der Waals surface area (Å²) >= 11 is 0. The lowest BCUT2D eigenvalue weighted by Crippen LogP contribution is -2.33. The lowest BCUT2D eigenvalue weighted by molar-refractivity contribution is -0.385. The van der Waals surface area contributed by atoms with Crippen molar-refractivity contribution >= 4 is 11.7 Å². The number of nitrogens with zero attached hydrogens (tertiary/aromatic N) is 1. The highest BCUT2D eigenvalue weighted by Crippen LogP contribution is 2.22. The Kier molecular flexibility index (Phi) is 4.61. The predicted octanol–water partition coefficient (Wildman–Crippen LogP) is 1.17. The van der Waals surface area contributed by atoms with Crippen LogP contribution >= 0.6 is 0 Å². The Morgan fingerprint density at radius 3 is 2.72 bits per heavy atom. The van der Waals surface area contributed by atoms with Gasteiger partial charge in [-0.2, -0.15) is 0 Å². The van der Waals surface area contributed by atoms with Crippen molar-refractivity contribution in [3.8, 4) is 5.75 Å². The average molecular weight is 254 g/mol. The number of carbonyl (C=O) groups is 1. The first-order valence-corrected chi connectivity index (χ1v) is 5.22. The van der Waals surface area contributed by atoms with Gasteiger partial charge in [0.1, 0.15) is 11.8 Å². The summed E-state index contributed by atoms with van der Waals surface area (Å²) in [6.45, 7) is 1.71. The van der Waals surface area contributed by atoms with Crippen LogP contribution in [-0.4, -0.2) is 29.2 Å². The van der Waals surface area contributed by atoms with Crippen LogP contribution in [0.5, 0.6) is 5.75 Å². The van der Waals surface area contributed by atoms with Crippen LogP contribution in [0.2, 0.25) is 0 Å². The topological polar surface area (TPSA) is 102 Å². The fourth-order valence-corrected chi connectivity index (χ4v) is 1.33. The summed E-state index contributed by atoms with van der Waals surface area (Å²) in [4.78, 5) is 20.8. The van der Waals surface area contributed by atoms with E-state index in [1.165, 1.54) is 26.2 Å². The molecular weight excluding hydrogens is 240 g/mol. The van der Waals surface area contributed by atoms with Gasteiger partial charge in [0, 0.05) is 12.6 Å². The molecule has 0 aliphatic heterocycles. The number of hydrogen-bond donors (Lipinski definition) is 2. The minimum atomic E-state index is -0.979. The van der Waals surface area contributed by atoms with Gasteiger partial charge in [-0.25, -0.2) is 0 Å². The largest absolute Gasteiger partial charge is 0.496 e. The molecule has 0 spiro atoms. The second-order valence-electron chi connectivity index (χ2n) is 3.74. The van der Waals surface area contributed by atoms with Crippen LogP contribution in [0, 0.1) is 10.1 Å². The summed E-state index contributed by atoms with van der Waals surface area (Å²) in [7, 11) is 1.41. The molecule has 0 fully saturated rings. The van der Waals surface area contributed by atoms with E-state index < -0.39 is 16.9 Å². The van der Waals surface area contributed by atoms with Crippen LogP contribution in [-0.2, 0) is 11.3 Å². The van der Waals surface area contributed by atoms with Gasteiger partial charge in [-0.3, -0.25) is 14.9 Å². The summed E-state index contributed by atoms with van der Waals surface area (Å²) in [6, 6.07) is 3.58. The molecule has 0 heterocycles. The van der Waals surface area contributed by atoms with Crippen molar-refractivity contribution < 1.29 is 19.6 Å². The standard InChI is InChI=1S/C11H14N2O5/c1-7(11(14)15)12-6-8-3-9(13(16)17)5-10(4-8)18-2/h3-5,7,12H,6H2,1-2H3,(H,14,15)/t7-/m1/s1. The Morgan fingerprint density at radius 1 is 1.56 bits per heavy atom. The maximum Gasteiger partial charge on any atom is 0.320 e. The number of nitro groups is 1. The molecule has 0 saturated carbocycles. The molecule has 7 nitrogen and oxygen atoms in total. The number of carboxylic acids is 1. The van der Waals surface area contributed by atoms with Crippen molar-refractivity contribution in [2.45, 2.75) is 19.5 Å². The third kappa shape index (κ3) is 3.70. The van der Waals surface area contributed by atoms with E-state index in [-0.39, 0.29) is 12.2 Å². The number of nitrogens with one attached hydrogen (secondary N) is 1. The fourth-order valence-electron chi connectivity index (χ4n) is 1.33. The molecule has 0 radical (unpaired) electrons. The second kappa shape index (κ2) is 5.97. The smallest absolute Gasteiger partial charge is 0.320 e. The first-order valence-electron chi connectivity index (χ1n) is 5.22. The molecule has 1 aromatic rings. The van der Waals surface area contributed by atoms with Gasteiger partial charge in [-0.1, -0.05) is 0 Å². The number of methoxy groups -OCH3 is 1.